The largest absolute Gasteiger partial charge is 0.790 e. The minimum absolute atomic E-state index is 0.382. The van der Waals surface area contributed by atoms with Crippen LogP contribution in [0.2, 0.25) is 0 Å². The maximum absolute atomic E-state index is 11.1. The first kappa shape index (κ1) is 25.3. The van der Waals surface area contributed by atoms with Gasteiger partial charge in [-0.2, -0.15) is 0 Å². The van der Waals surface area contributed by atoms with Crippen LogP contribution in [0.5, 0.6) is 0 Å². The van der Waals surface area contributed by atoms with Gasteiger partial charge in [0.1, 0.15) is 0 Å². The van der Waals surface area contributed by atoms with Gasteiger partial charge < -0.3 is 28.5 Å². The van der Waals surface area contributed by atoms with Crippen LogP contribution < -0.4 is 14.7 Å². The molecule has 0 N–H and O–H groups in total. The molecule has 1 unspecified atom stereocenters. The fraction of sp³-hybridized carbons (Fsp3) is 0.625. The first-order valence-electron chi connectivity index (χ1n) is 8.16. The van der Waals surface area contributed by atoms with E-state index in [-0.39, 0.29) is 6.61 Å². The zero-order valence-corrected chi connectivity index (χ0v) is 17.4. The van der Waals surface area contributed by atoms with Crippen molar-refractivity contribution in [2.75, 3.05) is 13.7 Å². The van der Waals surface area contributed by atoms with Gasteiger partial charge in [0.15, 0.2) is 0 Å². The average molecular weight is 409 g/mol. The van der Waals surface area contributed by atoms with Gasteiger partial charge in [0, 0.05) is 0 Å². The Labute approximate surface area is 155 Å². The van der Waals surface area contributed by atoms with Crippen LogP contribution in [0.4, 0.5) is 0 Å². The predicted molar refractivity (Wildman–Crippen MR) is 93.6 cm³/mol. The highest BCUT2D eigenvalue weighted by atomic mass is 31.3. The third-order valence-electron chi connectivity index (χ3n) is 3.42. The van der Waals surface area contributed by atoms with E-state index in [2.05, 4.69) is 21.8 Å². The molecule has 0 saturated heterocycles. The second kappa shape index (κ2) is 12.6. The molecule has 0 saturated carbocycles. The monoisotopic (exact) mass is 409 g/mol. The lowest BCUT2D eigenvalue weighted by atomic mass is 10.1. The molecule has 152 valence electrons. The predicted octanol–water partition coefficient (Wildman–Crippen LogP) is 2.71. The molecule has 10 heteroatoms. The Hall–Kier alpha value is -0.720. The van der Waals surface area contributed by atoms with Crippen LogP contribution >= 0.6 is 15.6 Å². The Morgan fingerprint density at radius 1 is 0.923 bits per heavy atom. The van der Waals surface area contributed by atoms with E-state index in [0.29, 0.717) is 0 Å². The first-order chi connectivity index (χ1) is 11.9. The molecule has 0 bridgehead atoms. The van der Waals surface area contributed by atoms with E-state index < -0.39 is 15.6 Å². The van der Waals surface area contributed by atoms with Crippen molar-refractivity contribution in [3.63, 3.8) is 0 Å². The number of unbranched alkanes of at least 4 members (excludes halogenated alkanes) is 1. The van der Waals surface area contributed by atoms with Crippen molar-refractivity contribution >= 4 is 15.6 Å². The maximum atomic E-state index is 11.1. The van der Waals surface area contributed by atoms with Crippen LogP contribution in [0.25, 0.3) is 0 Å². The third kappa shape index (κ3) is 15.5. The van der Waals surface area contributed by atoms with Gasteiger partial charge in [0.25, 0.3) is 7.82 Å². The number of methoxy groups -OCH3 is 1. The molecule has 8 nitrogen and oxygen atoms in total. The van der Waals surface area contributed by atoms with Gasteiger partial charge in [0.2, 0.25) is 0 Å². The number of ether oxygens (including phenoxy) is 1. The highest BCUT2D eigenvalue weighted by Crippen LogP contribution is 2.50. The van der Waals surface area contributed by atoms with E-state index in [4.69, 9.17) is 4.74 Å². The molecule has 0 radical (unpaired) electrons. The van der Waals surface area contributed by atoms with Gasteiger partial charge in [0.05, 0.1) is 27.3 Å². The zero-order valence-electron chi connectivity index (χ0n) is 15.6. The van der Waals surface area contributed by atoms with Crippen LogP contribution in [0.15, 0.2) is 35.1 Å². The molecule has 0 aliphatic heterocycles. The van der Waals surface area contributed by atoms with Gasteiger partial charge in [-0.05, 0) is 59.0 Å². The van der Waals surface area contributed by atoms with Crippen molar-refractivity contribution < 1.29 is 37.4 Å². The van der Waals surface area contributed by atoms with Crippen molar-refractivity contribution in [2.45, 2.75) is 52.9 Å². The molecule has 0 spiro atoms. The number of hydrogen-bond acceptors (Lipinski definition) is 8. The zero-order chi connectivity index (χ0) is 20.2. The molecule has 0 fully saturated rings. The summed E-state index contributed by atoms with van der Waals surface area (Å²) in [6.07, 6.45) is 10.1. The van der Waals surface area contributed by atoms with Crippen molar-refractivity contribution in [1.29, 1.82) is 0 Å². The van der Waals surface area contributed by atoms with E-state index in [9.17, 15) is 23.8 Å². The Balaban J connectivity index is 4.09. The van der Waals surface area contributed by atoms with E-state index in [0.717, 1.165) is 43.4 Å². The van der Waals surface area contributed by atoms with Crippen LogP contribution in [0.3, 0.4) is 0 Å². The highest BCUT2D eigenvalue weighted by molar-refractivity contribution is 7.58. The van der Waals surface area contributed by atoms with Crippen LogP contribution in [0.1, 0.15) is 52.9 Å². The molecule has 0 rings (SSSR count). The van der Waals surface area contributed by atoms with Crippen molar-refractivity contribution in [3.05, 3.63) is 35.1 Å². The molecule has 0 amide bonds. The molecular formula is C16H27O8P2-3. The summed E-state index contributed by atoms with van der Waals surface area (Å²) in [4.78, 5) is 31.6. The van der Waals surface area contributed by atoms with E-state index in [1.54, 1.807) is 14.0 Å². The average Bonchev–Trinajstić information content (AvgIpc) is 2.48. The molecular weight excluding hydrogens is 382 g/mol. The Morgan fingerprint density at radius 3 is 2.12 bits per heavy atom. The van der Waals surface area contributed by atoms with Crippen molar-refractivity contribution in [3.8, 4) is 0 Å². The number of hydrogen-bond donors (Lipinski definition) is 0. The summed E-state index contributed by atoms with van der Waals surface area (Å²) in [5.74, 6) is 0.905. The summed E-state index contributed by atoms with van der Waals surface area (Å²) in [5, 5.41) is 0. The fourth-order valence-corrected chi connectivity index (χ4v) is 3.36. The lowest BCUT2D eigenvalue weighted by Crippen LogP contribution is -2.19. The molecule has 0 aromatic carbocycles. The standard InChI is InChI=1S/C16H30O8P2/c1-14(10-7-11-16(3)22-4)8-5-6-9-15(2)12-13-23-26(20,21)24-25(17,18)19/h8,11-12H,5-7,9-10,13H2,1-4H3,(H,20,21)(H2,17,18,19)/p-3/b14-8+,15-12+,16-11+. The molecule has 0 aromatic heterocycles. The minimum Gasteiger partial charge on any atom is -0.790 e. The van der Waals surface area contributed by atoms with E-state index >= 15 is 0 Å². The maximum Gasteiger partial charge on any atom is 0.272 e. The smallest absolute Gasteiger partial charge is 0.272 e. The van der Waals surface area contributed by atoms with Crippen molar-refractivity contribution in [1.82, 2.24) is 0 Å². The van der Waals surface area contributed by atoms with Crippen LogP contribution in [-0.2, 0) is 22.7 Å². The van der Waals surface area contributed by atoms with Crippen LogP contribution in [0, 0.1) is 0 Å². The van der Waals surface area contributed by atoms with Crippen molar-refractivity contribution in [2.24, 2.45) is 0 Å². The second-order valence-electron chi connectivity index (χ2n) is 5.82. The summed E-state index contributed by atoms with van der Waals surface area (Å²) in [7, 11) is -9.13. The Bertz CT molecular complexity index is 603. The Morgan fingerprint density at radius 2 is 1.54 bits per heavy atom. The number of allylic oxidation sites excluding steroid dienone is 5. The van der Waals surface area contributed by atoms with Gasteiger partial charge in [-0.15, -0.1) is 0 Å². The highest BCUT2D eigenvalue weighted by Gasteiger charge is 2.10. The normalized spacial score (nSPS) is 16.5. The van der Waals surface area contributed by atoms with Gasteiger partial charge in [-0.25, -0.2) is 0 Å². The summed E-state index contributed by atoms with van der Waals surface area (Å²) in [6.45, 7) is 5.41. The molecule has 26 heavy (non-hydrogen) atoms. The van der Waals surface area contributed by atoms with E-state index in [1.165, 1.54) is 11.6 Å². The van der Waals surface area contributed by atoms with Gasteiger partial charge in [-0.3, -0.25) is 8.88 Å². The topological polar surface area (TPSA) is 131 Å². The summed E-state index contributed by atoms with van der Waals surface area (Å²) in [6, 6.07) is 0. The van der Waals surface area contributed by atoms with Gasteiger partial charge in [-0.1, -0.05) is 23.3 Å². The number of phosphoric acid groups is 2. The lowest BCUT2D eigenvalue weighted by Gasteiger charge is -2.34. The number of rotatable bonds is 13. The van der Waals surface area contributed by atoms with Gasteiger partial charge >= 0.3 is 0 Å². The third-order valence-corrected chi connectivity index (χ3v) is 5.49. The quantitative estimate of drug-likeness (QED) is 0.196. The molecule has 0 aliphatic carbocycles. The molecule has 1 atom stereocenters. The molecule has 0 aromatic rings. The summed E-state index contributed by atoms with van der Waals surface area (Å²) >= 11 is 0. The molecule has 0 heterocycles. The SMILES string of the molecule is CO/C(C)=C/CC/C(C)=C/CCC/C(C)=C/COP(=O)([O-])OP(=O)([O-])[O-]. The lowest BCUT2D eigenvalue weighted by molar-refractivity contribution is -0.339. The summed E-state index contributed by atoms with van der Waals surface area (Å²) in [5.41, 5.74) is 2.18. The fourth-order valence-electron chi connectivity index (χ4n) is 1.94. The number of phosphoric ester groups is 1. The summed E-state index contributed by atoms with van der Waals surface area (Å²) < 4.78 is 34.1. The minimum atomic E-state index is -5.64. The molecule has 0 aliphatic rings. The first-order valence-corrected chi connectivity index (χ1v) is 11.1. The van der Waals surface area contributed by atoms with Crippen LogP contribution in [-0.4, -0.2) is 13.7 Å². The van der Waals surface area contributed by atoms with E-state index in [1.807, 2.05) is 13.0 Å². The Kier molecular flexibility index (Phi) is 12.3. The second-order valence-corrected chi connectivity index (χ2v) is 8.52.